The van der Waals surface area contributed by atoms with Crippen LogP contribution in [0.1, 0.15) is 6.42 Å². The van der Waals surface area contributed by atoms with E-state index in [0.717, 1.165) is 16.5 Å². The van der Waals surface area contributed by atoms with E-state index in [-0.39, 0.29) is 18.9 Å². The van der Waals surface area contributed by atoms with Gasteiger partial charge in [0.2, 0.25) is 5.91 Å². The zero-order valence-corrected chi connectivity index (χ0v) is 15.7. The van der Waals surface area contributed by atoms with Crippen molar-refractivity contribution in [2.75, 3.05) is 23.4 Å². The van der Waals surface area contributed by atoms with E-state index in [0.29, 0.717) is 5.69 Å². The second-order valence-corrected chi connectivity index (χ2v) is 6.92. The molecule has 29 heavy (non-hydrogen) atoms. The molecule has 0 aromatic heterocycles. The quantitative estimate of drug-likeness (QED) is 0.680. The van der Waals surface area contributed by atoms with Crippen LogP contribution in [0, 0.1) is 5.92 Å². The van der Waals surface area contributed by atoms with Gasteiger partial charge in [-0.05, 0) is 23.6 Å². The van der Waals surface area contributed by atoms with Gasteiger partial charge < -0.3 is 15.0 Å². The monoisotopic (exact) mass is 388 g/mol. The Labute approximate surface area is 168 Å². The van der Waals surface area contributed by atoms with Crippen LogP contribution in [0.25, 0.3) is 10.8 Å². The fraction of sp³-hybridized carbons (Fsp3) is 0.174. The molecular formula is C23H20N2O4. The molecule has 146 valence electrons. The van der Waals surface area contributed by atoms with Crippen LogP contribution in [0.15, 0.2) is 72.8 Å². The van der Waals surface area contributed by atoms with E-state index in [2.05, 4.69) is 5.32 Å². The normalized spacial score (nSPS) is 16.1. The topological polar surface area (TPSA) is 75.7 Å². The lowest BCUT2D eigenvalue weighted by molar-refractivity contribution is -0.151. The van der Waals surface area contributed by atoms with Crippen molar-refractivity contribution in [2.24, 2.45) is 5.92 Å². The summed E-state index contributed by atoms with van der Waals surface area (Å²) in [7, 11) is 0. The maximum atomic E-state index is 12.4. The van der Waals surface area contributed by atoms with Crippen molar-refractivity contribution < 1.29 is 19.1 Å². The molecule has 0 spiro atoms. The molecule has 0 aliphatic carbocycles. The molecule has 1 fully saturated rings. The smallest absolute Gasteiger partial charge is 0.311 e. The average molecular weight is 388 g/mol. The number of esters is 1. The second-order valence-electron chi connectivity index (χ2n) is 6.92. The molecule has 3 aromatic rings. The molecule has 1 atom stereocenters. The summed E-state index contributed by atoms with van der Waals surface area (Å²) in [6.45, 7) is -0.134. The first-order chi connectivity index (χ1) is 14.1. The van der Waals surface area contributed by atoms with E-state index in [1.807, 2.05) is 66.7 Å². The Bertz CT molecular complexity index is 1060. The molecule has 6 nitrogen and oxygen atoms in total. The molecular weight excluding hydrogens is 368 g/mol. The van der Waals surface area contributed by atoms with Gasteiger partial charge in [-0.25, -0.2) is 0 Å². The number of amides is 2. The number of nitrogens with zero attached hydrogens (tertiary/aromatic N) is 1. The number of hydrogen-bond acceptors (Lipinski definition) is 4. The summed E-state index contributed by atoms with van der Waals surface area (Å²) >= 11 is 0. The number of benzene rings is 3. The van der Waals surface area contributed by atoms with Gasteiger partial charge >= 0.3 is 5.97 Å². The third-order valence-corrected chi connectivity index (χ3v) is 4.94. The molecule has 1 aliphatic rings. The summed E-state index contributed by atoms with van der Waals surface area (Å²) in [6, 6.07) is 22.5. The number of para-hydroxylation sites is 1. The maximum Gasteiger partial charge on any atom is 0.311 e. The third kappa shape index (κ3) is 4.11. The molecule has 0 unspecified atom stereocenters. The number of fused-ring (bicyclic) bond motifs is 1. The minimum absolute atomic E-state index is 0.0820. The summed E-state index contributed by atoms with van der Waals surface area (Å²) in [5.41, 5.74) is 1.41. The van der Waals surface area contributed by atoms with Crippen molar-refractivity contribution >= 4 is 39.9 Å². The fourth-order valence-electron chi connectivity index (χ4n) is 3.50. The molecule has 1 aliphatic heterocycles. The van der Waals surface area contributed by atoms with E-state index >= 15 is 0 Å². The number of rotatable bonds is 5. The van der Waals surface area contributed by atoms with Crippen molar-refractivity contribution in [3.05, 3.63) is 72.8 Å². The summed E-state index contributed by atoms with van der Waals surface area (Å²) in [4.78, 5) is 38.4. The highest BCUT2D eigenvalue weighted by atomic mass is 16.5. The van der Waals surface area contributed by atoms with E-state index in [1.165, 1.54) is 0 Å². The largest absolute Gasteiger partial charge is 0.455 e. The van der Waals surface area contributed by atoms with E-state index < -0.39 is 24.4 Å². The van der Waals surface area contributed by atoms with Gasteiger partial charge in [0.05, 0.1) is 5.92 Å². The van der Waals surface area contributed by atoms with Crippen LogP contribution in [0.5, 0.6) is 0 Å². The van der Waals surface area contributed by atoms with E-state index in [4.69, 9.17) is 4.74 Å². The van der Waals surface area contributed by atoms with Gasteiger partial charge in [0.15, 0.2) is 6.61 Å². The van der Waals surface area contributed by atoms with Gasteiger partial charge in [-0.1, -0.05) is 54.6 Å². The highest BCUT2D eigenvalue weighted by molar-refractivity contribution is 6.03. The Kier molecular flexibility index (Phi) is 5.24. The van der Waals surface area contributed by atoms with Crippen LogP contribution in [0.2, 0.25) is 0 Å². The number of nitrogens with one attached hydrogen (secondary N) is 1. The average Bonchev–Trinajstić information content (AvgIpc) is 3.15. The zero-order valence-electron chi connectivity index (χ0n) is 15.7. The molecule has 0 saturated carbocycles. The van der Waals surface area contributed by atoms with Crippen molar-refractivity contribution in [1.82, 2.24) is 0 Å². The van der Waals surface area contributed by atoms with Crippen LogP contribution >= 0.6 is 0 Å². The van der Waals surface area contributed by atoms with Crippen molar-refractivity contribution in [2.45, 2.75) is 6.42 Å². The van der Waals surface area contributed by atoms with Crippen molar-refractivity contribution in [3.8, 4) is 0 Å². The lowest BCUT2D eigenvalue weighted by Gasteiger charge is -2.16. The summed E-state index contributed by atoms with van der Waals surface area (Å²) in [5, 5.41) is 4.70. The molecule has 0 bridgehead atoms. The van der Waals surface area contributed by atoms with Crippen LogP contribution in [0.3, 0.4) is 0 Å². The lowest BCUT2D eigenvalue weighted by atomic mass is 10.1. The Balaban J connectivity index is 1.34. The molecule has 2 amide bonds. The Hall–Kier alpha value is -3.67. The van der Waals surface area contributed by atoms with Crippen LogP contribution in [-0.4, -0.2) is 30.9 Å². The second kappa shape index (κ2) is 8.14. The predicted octanol–water partition coefficient (Wildman–Crippen LogP) is 3.37. The van der Waals surface area contributed by atoms with Crippen molar-refractivity contribution in [1.29, 1.82) is 0 Å². The zero-order chi connectivity index (χ0) is 20.2. The lowest BCUT2D eigenvalue weighted by Crippen LogP contribution is -2.28. The SMILES string of the molecule is O=C(COC(=O)[C@H]1CC(=O)N(c2ccccc2)C1)Nc1cccc2ccccc12. The molecule has 6 heteroatoms. The molecule has 1 N–H and O–H groups in total. The number of ether oxygens (including phenoxy) is 1. The highest BCUT2D eigenvalue weighted by Gasteiger charge is 2.36. The van der Waals surface area contributed by atoms with Gasteiger partial charge in [-0.15, -0.1) is 0 Å². The van der Waals surface area contributed by atoms with Crippen LogP contribution < -0.4 is 10.2 Å². The van der Waals surface area contributed by atoms with E-state index in [9.17, 15) is 14.4 Å². The first-order valence-electron chi connectivity index (χ1n) is 9.41. The van der Waals surface area contributed by atoms with Gasteiger partial charge in [0.25, 0.3) is 5.91 Å². The first kappa shape index (κ1) is 18.7. The van der Waals surface area contributed by atoms with Gasteiger partial charge in [0.1, 0.15) is 0 Å². The number of anilines is 2. The summed E-state index contributed by atoms with van der Waals surface area (Å²) in [6.07, 6.45) is 0.0820. The number of carbonyl (C=O) groups excluding carboxylic acids is 3. The van der Waals surface area contributed by atoms with Crippen LogP contribution in [-0.2, 0) is 19.1 Å². The van der Waals surface area contributed by atoms with Gasteiger partial charge in [-0.2, -0.15) is 0 Å². The summed E-state index contributed by atoms with van der Waals surface area (Å²) in [5.74, 6) is -1.66. The molecule has 0 radical (unpaired) electrons. The standard InChI is InChI=1S/C23H20N2O4/c26-21(24-20-12-6-8-16-7-4-5-11-19(16)20)15-29-23(28)17-13-22(27)25(14-17)18-9-2-1-3-10-18/h1-12,17H,13-15H2,(H,24,26)/t17-/m0/s1. The molecule has 4 rings (SSSR count). The minimum atomic E-state index is -0.576. The first-order valence-corrected chi connectivity index (χ1v) is 9.41. The van der Waals surface area contributed by atoms with Crippen LogP contribution in [0.4, 0.5) is 11.4 Å². The minimum Gasteiger partial charge on any atom is -0.455 e. The predicted molar refractivity (Wildman–Crippen MR) is 110 cm³/mol. The third-order valence-electron chi connectivity index (χ3n) is 4.94. The maximum absolute atomic E-state index is 12.4. The van der Waals surface area contributed by atoms with Gasteiger partial charge in [-0.3, -0.25) is 14.4 Å². The molecule has 1 saturated heterocycles. The highest BCUT2D eigenvalue weighted by Crippen LogP contribution is 2.26. The number of hydrogen-bond donors (Lipinski definition) is 1. The number of carbonyl (C=O) groups is 3. The summed E-state index contributed by atoms with van der Waals surface area (Å²) < 4.78 is 5.17. The molecule has 3 aromatic carbocycles. The van der Waals surface area contributed by atoms with E-state index in [1.54, 1.807) is 11.0 Å². The Morgan fingerprint density at radius 1 is 0.966 bits per heavy atom. The van der Waals surface area contributed by atoms with Crippen molar-refractivity contribution in [3.63, 3.8) is 0 Å². The Morgan fingerprint density at radius 2 is 1.69 bits per heavy atom. The fourth-order valence-corrected chi connectivity index (χ4v) is 3.50. The molecule has 1 heterocycles. The van der Waals surface area contributed by atoms with Gasteiger partial charge in [0, 0.05) is 29.7 Å². The Morgan fingerprint density at radius 3 is 2.52 bits per heavy atom.